The summed E-state index contributed by atoms with van der Waals surface area (Å²) in [5.41, 5.74) is 6.63. The van der Waals surface area contributed by atoms with Crippen molar-refractivity contribution in [1.29, 1.82) is 5.26 Å². The molecule has 96 valence electrons. The van der Waals surface area contributed by atoms with Gasteiger partial charge in [0.15, 0.2) is 0 Å². The van der Waals surface area contributed by atoms with Crippen molar-refractivity contribution in [3.05, 3.63) is 59.4 Å². The van der Waals surface area contributed by atoms with Gasteiger partial charge >= 0.3 is 0 Å². The molecule has 0 heterocycles. The quantitative estimate of drug-likeness (QED) is 0.914. The van der Waals surface area contributed by atoms with Gasteiger partial charge in [0.1, 0.15) is 17.3 Å². The van der Waals surface area contributed by atoms with Gasteiger partial charge < -0.3 is 10.5 Å². The van der Waals surface area contributed by atoms with Crippen LogP contribution in [0.2, 0.25) is 0 Å². The Bertz CT molecular complexity index is 615. The largest absolute Gasteiger partial charge is 0.457 e. The van der Waals surface area contributed by atoms with Gasteiger partial charge in [-0.3, -0.25) is 0 Å². The van der Waals surface area contributed by atoms with Crippen molar-refractivity contribution in [1.82, 2.24) is 0 Å². The van der Waals surface area contributed by atoms with Crippen molar-refractivity contribution in [3.63, 3.8) is 0 Å². The van der Waals surface area contributed by atoms with E-state index in [1.807, 2.05) is 6.07 Å². The number of hydrogen-bond donors (Lipinski definition) is 1. The standard InChI is InChI=1S/C15H13FN2O/c1-10(18)15-13(16)3-2-4-14(15)19-12-7-5-11(9-17)6-8-12/h2-8,10H,18H2,1H3. The van der Waals surface area contributed by atoms with Crippen molar-refractivity contribution < 1.29 is 9.13 Å². The number of benzene rings is 2. The first-order valence-electron chi connectivity index (χ1n) is 5.84. The zero-order chi connectivity index (χ0) is 13.8. The highest BCUT2D eigenvalue weighted by atomic mass is 19.1. The Labute approximate surface area is 111 Å². The van der Waals surface area contributed by atoms with E-state index in [0.717, 1.165) is 0 Å². The van der Waals surface area contributed by atoms with Crippen molar-refractivity contribution in [3.8, 4) is 17.6 Å². The summed E-state index contributed by atoms with van der Waals surface area (Å²) in [6.07, 6.45) is 0. The summed E-state index contributed by atoms with van der Waals surface area (Å²) in [5, 5.41) is 8.71. The van der Waals surface area contributed by atoms with Crippen LogP contribution in [0.25, 0.3) is 0 Å². The third kappa shape index (κ3) is 2.90. The highest BCUT2D eigenvalue weighted by molar-refractivity contribution is 5.42. The van der Waals surface area contributed by atoms with Crippen LogP contribution in [0.15, 0.2) is 42.5 Å². The minimum absolute atomic E-state index is 0.340. The van der Waals surface area contributed by atoms with Crippen LogP contribution in [0, 0.1) is 17.1 Å². The fraction of sp³-hybridized carbons (Fsp3) is 0.133. The summed E-state index contributed by atoms with van der Waals surface area (Å²) in [6.45, 7) is 1.70. The smallest absolute Gasteiger partial charge is 0.135 e. The average molecular weight is 256 g/mol. The third-order valence-corrected chi connectivity index (χ3v) is 2.68. The molecule has 19 heavy (non-hydrogen) atoms. The van der Waals surface area contributed by atoms with Crippen molar-refractivity contribution in [2.45, 2.75) is 13.0 Å². The lowest BCUT2D eigenvalue weighted by atomic mass is 10.1. The van der Waals surface area contributed by atoms with E-state index in [1.54, 1.807) is 43.3 Å². The molecule has 2 rings (SSSR count). The summed E-state index contributed by atoms with van der Waals surface area (Å²) in [4.78, 5) is 0. The lowest BCUT2D eigenvalue weighted by Crippen LogP contribution is -2.09. The van der Waals surface area contributed by atoms with Gasteiger partial charge in [0, 0.05) is 11.6 Å². The molecule has 2 aromatic carbocycles. The highest BCUT2D eigenvalue weighted by Gasteiger charge is 2.14. The van der Waals surface area contributed by atoms with Gasteiger partial charge in [0.25, 0.3) is 0 Å². The number of nitriles is 1. The van der Waals surface area contributed by atoms with E-state index in [2.05, 4.69) is 0 Å². The lowest BCUT2D eigenvalue weighted by Gasteiger charge is -2.14. The zero-order valence-corrected chi connectivity index (χ0v) is 10.4. The Hall–Kier alpha value is -2.38. The second kappa shape index (κ2) is 5.51. The fourth-order valence-electron chi connectivity index (χ4n) is 1.77. The Balaban J connectivity index is 2.33. The number of nitrogens with two attached hydrogens (primary N) is 1. The SMILES string of the molecule is CC(N)c1c(F)cccc1Oc1ccc(C#N)cc1. The predicted molar refractivity (Wildman–Crippen MR) is 70.2 cm³/mol. The molecule has 0 spiro atoms. The second-order valence-electron chi connectivity index (χ2n) is 4.18. The maximum Gasteiger partial charge on any atom is 0.135 e. The zero-order valence-electron chi connectivity index (χ0n) is 10.4. The van der Waals surface area contributed by atoms with Gasteiger partial charge in [0.2, 0.25) is 0 Å². The maximum absolute atomic E-state index is 13.7. The Morgan fingerprint density at radius 2 is 1.89 bits per heavy atom. The number of nitrogens with zero attached hydrogens (tertiary/aromatic N) is 1. The molecular weight excluding hydrogens is 243 g/mol. The molecule has 2 aromatic rings. The molecule has 0 fully saturated rings. The van der Waals surface area contributed by atoms with E-state index in [9.17, 15) is 4.39 Å². The topological polar surface area (TPSA) is 59.0 Å². The number of hydrogen-bond acceptors (Lipinski definition) is 3. The van der Waals surface area contributed by atoms with Crippen LogP contribution in [0.3, 0.4) is 0 Å². The van der Waals surface area contributed by atoms with Gasteiger partial charge in [-0.1, -0.05) is 6.07 Å². The van der Waals surface area contributed by atoms with Crippen LogP contribution in [-0.4, -0.2) is 0 Å². The molecule has 4 heteroatoms. The molecule has 0 saturated heterocycles. The number of halogens is 1. The van der Waals surface area contributed by atoms with E-state index in [0.29, 0.717) is 22.6 Å². The Kier molecular flexibility index (Phi) is 3.79. The fourth-order valence-corrected chi connectivity index (χ4v) is 1.77. The molecule has 2 N–H and O–H groups in total. The minimum atomic E-state index is -0.463. The van der Waals surface area contributed by atoms with Gasteiger partial charge in [-0.25, -0.2) is 4.39 Å². The van der Waals surface area contributed by atoms with Crippen LogP contribution in [0.1, 0.15) is 24.1 Å². The highest BCUT2D eigenvalue weighted by Crippen LogP contribution is 2.30. The summed E-state index contributed by atoms with van der Waals surface area (Å²) in [7, 11) is 0. The van der Waals surface area contributed by atoms with Crippen molar-refractivity contribution in [2.75, 3.05) is 0 Å². The minimum Gasteiger partial charge on any atom is -0.457 e. The lowest BCUT2D eigenvalue weighted by molar-refractivity contribution is 0.461. The van der Waals surface area contributed by atoms with Gasteiger partial charge in [-0.2, -0.15) is 5.26 Å². The Morgan fingerprint density at radius 1 is 1.21 bits per heavy atom. The molecule has 1 unspecified atom stereocenters. The number of ether oxygens (including phenoxy) is 1. The van der Waals surface area contributed by atoms with Crippen LogP contribution < -0.4 is 10.5 Å². The van der Waals surface area contributed by atoms with Gasteiger partial charge in [0.05, 0.1) is 11.6 Å². The molecule has 3 nitrogen and oxygen atoms in total. The molecule has 0 aliphatic carbocycles. The summed E-state index contributed by atoms with van der Waals surface area (Å²) < 4.78 is 19.3. The van der Waals surface area contributed by atoms with E-state index in [-0.39, 0.29) is 5.82 Å². The molecule has 0 aliphatic heterocycles. The van der Waals surface area contributed by atoms with Crippen LogP contribution >= 0.6 is 0 Å². The van der Waals surface area contributed by atoms with Crippen molar-refractivity contribution in [2.24, 2.45) is 5.73 Å². The molecule has 0 amide bonds. The van der Waals surface area contributed by atoms with E-state index in [1.165, 1.54) is 6.07 Å². The maximum atomic E-state index is 13.7. The summed E-state index contributed by atoms with van der Waals surface area (Å²) in [6, 6.07) is 12.7. The number of rotatable bonds is 3. The normalized spacial score (nSPS) is 11.7. The van der Waals surface area contributed by atoms with Crippen LogP contribution in [0.5, 0.6) is 11.5 Å². The van der Waals surface area contributed by atoms with E-state index in [4.69, 9.17) is 15.7 Å². The summed E-state index contributed by atoms with van der Waals surface area (Å²) >= 11 is 0. The molecule has 0 radical (unpaired) electrons. The average Bonchev–Trinajstić information content (AvgIpc) is 2.39. The van der Waals surface area contributed by atoms with E-state index < -0.39 is 6.04 Å². The monoisotopic (exact) mass is 256 g/mol. The molecule has 0 bridgehead atoms. The predicted octanol–water partition coefficient (Wildman–Crippen LogP) is 3.51. The first-order chi connectivity index (χ1) is 9.11. The van der Waals surface area contributed by atoms with Crippen molar-refractivity contribution >= 4 is 0 Å². The molecule has 1 atom stereocenters. The molecular formula is C15H13FN2O. The Morgan fingerprint density at radius 3 is 2.47 bits per heavy atom. The third-order valence-electron chi connectivity index (χ3n) is 2.68. The molecule has 0 aliphatic rings. The van der Waals surface area contributed by atoms with E-state index >= 15 is 0 Å². The van der Waals surface area contributed by atoms with Crippen LogP contribution in [-0.2, 0) is 0 Å². The van der Waals surface area contributed by atoms with Gasteiger partial charge in [-0.15, -0.1) is 0 Å². The first kappa shape index (κ1) is 13.1. The summed E-state index contributed by atoms with van der Waals surface area (Å²) in [5.74, 6) is 0.535. The van der Waals surface area contributed by atoms with Gasteiger partial charge in [-0.05, 0) is 43.3 Å². The van der Waals surface area contributed by atoms with Crippen LogP contribution in [0.4, 0.5) is 4.39 Å². The molecule has 0 saturated carbocycles. The second-order valence-corrected chi connectivity index (χ2v) is 4.18. The first-order valence-corrected chi connectivity index (χ1v) is 5.84. The molecule has 0 aromatic heterocycles.